The first-order valence-electron chi connectivity index (χ1n) is 8.69. The van der Waals surface area contributed by atoms with E-state index in [4.69, 9.17) is 0 Å². The molecule has 0 atom stereocenters. The van der Waals surface area contributed by atoms with Gasteiger partial charge in [0, 0.05) is 19.6 Å². The van der Waals surface area contributed by atoms with Crippen molar-refractivity contribution < 1.29 is 13.6 Å². The summed E-state index contributed by atoms with van der Waals surface area (Å²) in [5.74, 6) is -1.39. The number of anilines is 1. The van der Waals surface area contributed by atoms with Gasteiger partial charge in [-0.1, -0.05) is 19.4 Å². The summed E-state index contributed by atoms with van der Waals surface area (Å²) in [5, 5.41) is 2.47. The second kappa shape index (κ2) is 8.97. The SMILES string of the molecule is CCCCN(C)CC1CCN(C(=O)Nc2cccc(F)c2F)CC1. The van der Waals surface area contributed by atoms with Gasteiger partial charge in [-0.05, 0) is 50.9 Å². The lowest BCUT2D eigenvalue weighted by Gasteiger charge is -2.34. The number of carbonyl (C=O) groups is 1. The van der Waals surface area contributed by atoms with Crippen molar-refractivity contribution in [1.82, 2.24) is 9.80 Å². The molecule has 0 aromatic heterocycles. The van der Waals surface area contributed by atoms with Gasteiger partial charge in [0.15, 0.2) is 11.6 Å². The smallest absolute Gasteiger partial charge is 0.321 e. The number of likely N-dealkylation sites (tertiary alicyclic amines) is 1. The van der Waals surface area contributed by atoms with E-state index in [9.17, 15) is 13.6 Å². The highest BCUT2D eigenvalue weighted by atomic mass is 19.2. The number of nitrogens with one attached hydrogen (secondary N) is 1. The summed E-state index contributed by atoms with van der Waals surface area (Å²) in [5.41, 5.74) is -0.110. The number of unbranched alkanes of at least 4 members (excludes halogenated alkanes) is 1. The average Bonchev–Trinajstić information content (AvgIpc) is 2.57. The van der Waals surface area contributed by atoms with E-state index in [0.717, 1.165) is 32.0 Å². The van der Waals surface area contributed by atoms with Gasteiger partial charge in [-0.2, -0.15) is 0 Å². The third-order valence-corrected chi connectivity index (χ3v) is 4.56. The van der Waals surface area contributed by atoms with E-state index in [0.29, 0.717) is 19.0 Å². The van der Waals surface area contributed by atoms with Gasteiger partial charge >= 0.3 is 6.03 Å². The van der Waals surface area contributed by atoms with Crippen LogP contribution < -0.4 is 5.32 Å². The normalized spacial score (nSPS) is 15.8. The van der Waals surface area contributed by atoms with Crippen LogP contribution in [0.5, 0.6) is 0 Å². The number of hydrogen-bond acceptors (Lipinski definition) is 2. The van der Waals surface area contributed by atoms with Crippen molar-refractivity contribution in [3.63, 3.8) is 0 Å². The lowest BCUT2D eigenvalue weighted by atomic mass is 9.96. The van der Waals surface area contributed by atoms with Crippen LogP contribution in [-0.2, 0) is 0 Å². The van der Waals surface area contributed by atoms with Gasteiger partial charge in [-0.15, -0.1) is 0 Å². The topological polar surface area (TPSA) is 35.6 Å². The molecule has 0 unspecified atom stereocenters. The first-order valence-corrected chi connectivity index (χ1v) is 8.69. The van der Waals surface area contributed by atoms with Gasteiger partial charge in [0.2, 0.25) is 0 Å². The summed E-state index contributed by atoms with van der Waals surface area (Å²) in [6, 6.07) is 3.42. The van der Waals surface area contributed by atoms with E-state index in [2.05, 4.69) is 24.2 Å². The van der Waals surface area contributed by atoms with Gasteiger partial charge in [-0.25, -0.2) is 13.6 Å². The average molecular weight is 339 g/mol. The molecule has 1 aromatic rings. The summed E-state index contributed by atoms with van der Waals surface area (Å²) in [4.78, 5) is 16.2. The van der Waals surface area contributed by atoms with Crippen LogP contribution in [0.25, 0.3) is 0 Å². The molecule has 2 amide bonds. The van der Waals surface area contributed by atoms with Gasteiger partial charge in [0.1, 0.15) is 0 Å². The van der Waals surface area contributed by atoms with Crippen molar-refractivity contribution in [2.45, 2.75) is 32.6 Å². The molecule has 0 spiro atoms. The fourth-order valence-electron chi connectivity index (χ4n) is 3.07. The molecule has 134 valence electrons. The minimum Gasteiger partial charge on any atom is -0.325 e. The van der Waals surface area contributed by atoms with Crippen molar-refractivity contribution in [3.8, 4) is 0 Å². The Kier molecular flexibility index (Phi) is 6.97. The Labute approximate surface area is 142 Å². The van der Waals surface area contributed by atoms with E-state index in [1.807, 2.05) is 0 Å². The van der Waals surface area contributed by atoms with E-state index in [-0.39, 0.29) is 11.7 Å². The highest BCUT2D eigenvalue weighted by molar-refractivity contribution is 5.89. The molecule has 1 saturated heterocycles. The Morgan fingerprint density at radius 1 is 1.33 bits per heavy atom. The Balaban J connectivity index is 1.79. The summed E-state index contributed by atoms with van der Waals surface area (Å²) >= 11 is 0. The molecule has 1 heterocycles. The highest BCUT2D eigenvalue weighted by Crippen LogP contribution is 2.21. The molecule has 1 aliphatic heterocycles. The van der Waals surface area contributed by atoms with Crippen LogP contribution in [0.2, 0.25) is 0 Å². The van der Waals surface area contributed by atoms with Crippen molar-refractivity contribution >= 4 is 11.7 Å². The van der Waals surface area contributed by atoms with Crippen molar-refractivity contribution in [1.29, 1.82) is 0 Å². The number of rotatable bonds is 6. The first kappa shape index (κ1) is 18.6. The number of halogens is 2. The number of urea groups is 1. The number of nitrogens with zero attached hydrogens (tertiary/aromatic N) is 2. The molecule has 0 aliphatic carbocycles. The maximum atomic E-state index is 13.6. The standard InChI is InChI=1S/C18H27F2N3O/c1-3-4-10-22(2)13-14-8-11-23(12-9-14)18(24)21-16-7-5-6-15(19)17(16)20/h5-7,14H,3-4,8-13H2,1-2H3,(H,21,24). The Hall–Kier alpha value is -1.69. The molecular formula is C18H27F2N3O. The zero-order valence-corrected chi connectivity index (χ0v) is 14.5. The summed E-state index contributed by atoms with van der Waals surface area (Å²) in [6.07, 6.45) is 4.28. The fourth-order valence-corrected chi connectivity index (χ4v) is 3.07. The summed E-state index contributed by atoms with van der Waals surface area (Å²) in [6.45, 7) is 5.64. The minimum absolute atomic E-state index is 0.110. The summed E-state index contributed by atoms with van der Waals surface area (Å²) < 4.78 is 26.8. The maximum absolute atomic E-state index is 13.6. The molecule has 2 rings (SSSR count). The molecular weight excluding hydrogens is 312 g/mol. The van der Waals surface area contributed by atoms with E-state index >= 15 is 0 Å². The van der Waals surface area contributed by atoms with E-state index in [1.54, 1.807) is 4.90 Å². The van der Waals surface area contributed by atoms with Crippen LogP contribution >= 0.6 is 0 Å². The lowest BCUT2D eigenvalue weighted by Crippen LogP contribution is -2.43. The number of hydrogen-bond donors (Lipinski definition) is 1. The quantitative estimate of drug-likeness (QED) is 0.852. The number of piperidine rings is 1. The molecule has 1 fully saturated rings. The second-order valence-electron chi connectivity index (χ2n) is 6.58. The van der Waals surface area contributed by atoms with Crippen LogP contribution in [-0.4, -0.2) is 49.1 Å². The molecule has 0 radical (unpaired) electrons. The molecule has 1 aromatic carbocycles. The van der Waals surface area contributed by atoms with Crippen molar-refractivity contribution in [3.05, 3.63) is 29.8 Å². The van der Waals surface area contributed by atoms with Crippen LogP contribution in [0.1, 0.15) is 32.6 Å². The second-order valence-corrected chi connectivity index (χ2v) is 6.58. The monoisotopic (exact) mass is 339 g/mol. The predicted octanol–water partition coefficient (Wildman–Crippen LogP) is 3.94. The van der Waals surface area contributed by atoms with Crippen LogP contribution in [0.15, 0.2) is 18.2 Å². The van der Waals surface area contributed by atoms with Crippen LogP contribution in [0.4, 0.5) is 19.3 Å². The Morgan fingerprint density at radius 2 is 2.04 bits per heavy atom. The lowest BCUT2D eigenvalue weighted by molar-refractivity contribution is 0.163. The highest BCUT2D eigenvalue weighted by Gasteiger charge is 2.24. The number of amides is 2. The van der Waals surface area contributed by atoms with Crippen molar-refractivity contribution in [2.24, 2.45) is 5.92 Å². The van der Waals surface area contributed by atoms with Crippen molar-refractivity contribution in [2.75, 3.05) is 38.5 Å². The first-order chi connectivity index (χ1) is 11.5. The summed E-state index contributed by atoms with van der Waals surface area (Å²) in [7, 11) is 2.14. The van der Waals surface area contributed by atoms with Crippen LogP contribution in [0.3, 0.4) is 0 Å². The van der Waals surface area contributed by atoms with Gasteiger partial charge < -0.3 is 15.1 Å². The zero-order valence-electron chi connectivity index (χ0n) is 14.5. The third kappa shape index (κ3) is 5.16. The minimum atomic E-state index is -1.02. The Bertz CT molecular complexity index is 545. The van der Waals surface area contributed by atoms with Crippen LogP contribution in [0, 0.1) is 17.6 Å². The van der Waals surface area contributed by atoms with Gasteiger partial charge in [0.05, 0.1) is 5.69 Å². The molecule has 0 saturated carbocycles. The molecule has 6 heteroatoms. The largest absolute Gasteiger partial charge is 0.325 e. The van der Waals surface area contributed by atoms with E-state index < -0.39 is 11.6 Å². The fraction of sp³-hybridized carbons (Fsp3) is 0.611. The van der Waals surface area contributed by atoms with Gasteiger partial charge in [-0.3, -0.25) is 0 Å². The number of benzene rings is 1. The zero-order chi connectivity index (χ0) is 17.5. The molecule has 1 aliphatic rings. The third-order valence-electron chi connectivity index (χ3n) is 4.56. The predicted molar refractivity (Wildman–Crippen MR) is 92.1 cm³/mol. The molecule has 24 heavy (non-hydrogen) atoms. The maximum Gasteiger partial charge on any atom is 0.321 e. The molecule has 1 N–H and O–H groups in total. The molecule has 4 nitrogen and oxygen atoms in total. The van der Waals surface area contributed by atoms with E-state index in [1.165, 1.54) is 25.0 Å². The molecule has 0 bridgehead atoms. The van der Waals surface area contributed by atoms with Gasteiger partial charge in [0.25, 0.3) is 0 Å². The number of carbonyl (C=O) groups excluding carboxylic acids is 1. The Morgan fingerprint density at radius 3 is 2.71 bits per heavy atom.